The molecule has 0 aliphatic heterocycles. The topological polar surface area (TPSA) is 46.6 Å². The molecule has 0 bridgehead atoms. The van der Waals surface area contributed by atoms with Gasteiger partial charge in [0.05, 0.1) is 11.5 Å². The van der Waals surface area contributed by atoms with Crippen molar-refractivity contribution in [1.29, 1.82) is 0 Å². The molecule has 1 unspecified atom stereocenters. The Morgan fingerprint density at radius 3 is 2.60 bits per heavy atom. The third-order valence-corrected chi connectivity index (χ3v) is 6.07. The van der Waals surface area contributed by atoms with Crippen LogP contribution >= 0.6 is 15.9 Å². The van der Waals surface area contributed by atoms with Crippen molar-refractivity contribution in [3.63, 3.8) is 0 Å². The molecule has 0 fully saturated rings. The number of hydrogen-bond donors (Lipinski definition) is 0. The number of methoxy groups -OCH3 is 1. The molecule has 4 nitrogen and oxygen atoms in total. The predicted octanol–water partition coefficient (Wildman–Crippen LogP) is 3.02. The number of ether oxygens (including phenoxy) is 1. The molecule has 1 rings (SSSR count). The summed E-state index contributed by atoms with van der Waals surface area (Å²) in [6.07, 6.45) is 0.682. The molecule has 0 saturated carbocycles. The van der Waals surface area contributed by atoms with Gasteiger partial charge >= 0.3 is 0 Å². The Morgan fingerprint density at radius 2 is 2.10 bits per heavy atom. The summed E-state index contributed by atoms with van der Waals surface area (Å²) < 4.78 is 45.1. The summed E-state index contributed by atoms with van der Waals surface area (Å²) in [5.41, 5.74) is 0. The minimum Gasteiger partial charge on any atom is -0.383 e. The first-order valence-corrected chi connectivity index (χ1v) is 8.53. The van der Waals surface area contributed by atoms with Crippen LogP contribution in [-0.4, -0.2) is 39.0 Å². The Morgan fingerprint density at radius 1 is 1.45 bits per heavy atom. The van der Waals surface area contributed by atoms with Crippen LogP contribution in [0.2, 0.25) is 0 Å². The van der Waals surface area contributed by atoms with Crippen molar-refractivity contribution in [2.75, 3.05) is 20.3 Å². The molecule has 0 aliphatic carbocycles. The van der Waals surface area contributed by atoms with Crippen molar-refractivity contribution < 1.29 is 17.5 Å². The molecule has 114 valence electrons. The lowest BCUT2D eigenvalue weighted by Gasteiger charge is -2.27. The van der Waals surface area contributed by atoms with Crippen molar-refractivity contribution >= 4 is 26.0 Å². The van der Waals surface area contributed by atoms with Gasteiger partial charge in [0.25, 0.3) is 0 Å². The molecule has 0 spiro atoms. The Balaban J connectivity index is 3.21. The highest BCUT2D eigenvalue weighted by Gasteiger charge is 2.29. The second kappa shape index (κ2) is 7.49. The highest BCUT2D eigenvalue weighted by atomic mass is 79.9. The lowest BCUT2D eigenvalue weighted by atomic mass is 10.3. The largest absolute Gasteiger partial charge is 0.383 e. The van der Waals surface area contributed by atoms with Crippen LogP contribution in [-0.2, 0) is 14.8 Å². The van der Waals surface area contributed by atoms with Crippen LogP contribution in [0.3, 0.4) is 0 Å². The number of benzene rings is 1. The standard InChI is InChI=1S/C13H19BrFNO3S/c1-4-10(2)16(7-8-19-3)20(17,18)13-6-5-11(15)9-12(13)14/h5-6,9-10H,4,7-8H2,1-3H3. The van der Waals surface area contributed by atoms with Crippen LogP contribution in [0.4, 0.5) is 4.39 Å². The van der Waals surface area contributed by atoms with E-state index in [0.29, 0.717) is 13.0 Å². The maximum atomic E-state index is 13.1. The van der Waals surface area contributed by atoms with E-state index in [0.717, 1.165) is 12.1 Å². The quantitative estimate of drug-likeness (QED) is 0.743. The second-order valence-corrected chi connectivity index (χ2v) is 7.15. The van der Waals surface area contributed by atoms with Gasteiger partial charge in [0.15, 0.2) is 0 Å². The Kier molecular flexibility index (Phi) is 6.57. The molecule has 0 heterocycles. The number of nitrogens with zero attached hydrogens (tertiary/aromatic N) is 1. The summed E-state index contributed by atoms with van der Waals surface area (Å²) in [5, 5.41) is 0. The normalized spacial score (nSPS) is 13.7. The van der Waals surface area contributed by atoms with Gasteiger partial charge in [0, 0.05) is 24.2 Å². The van der Waals surface area contributed by atoms with E-state index < -0.39 is 15.8 Å². The smallest absolute Gasteiger partial charge is 0.244 e. The zero-order valence-electron chi connectivity index (χ0n) is 11.8. The first-order chi connectivity index (χ1) is 9.34. The van der Waals surface area contributed by atoms with E-state index in [4.69, 9.17) is 4.74 Å². The lowest BCUT2D eigenvalue weighted by Crippen LogP contribution is -2.40. The van der Waals surface area contributed by atoms with E-state index in [1.807, 2.05) is 13.8 Å². The molecule has 0 amide bonds. The number of hydrogen-bond acceptors (Lipinski definition) is 3. The molecule has 1 aromatic rings. The summed E-state index contributed by atoms with van der Waals surface area (Å²) in [6.45, 7) is 4.32. The van der Waals surface area contributed by atoms with E-state index >= 15 is 0 Å². The van der Waals surface area contributed by atoms with Crippen LogP contribution in [0.5, 0.6) is 0 Å². The Bertz CT molecular complexity index is 551. The van der Waals surface area contributed by atoms with E-state index in [1.165, 1.54) is 17.5 Å². The van der Waals surface area contributed by atoms with Gasteiger partial charge in [-0.15, -0.1) is 0 Å². The predicted molar refractivity (Wildman–Crippen MR) is 79.6 cm³/mol. The van der Waals surface area contributed by atoms with E-state index in [1.54, 1.807) is 0 Å². The van der Waals surface area contributed by atoms with Gasteiger partial charge in [0.1, 0.15) is 5.82 Å². The number of halogens is 2. The Labute approximate surface area is 128 Å². The van der Waals surface area contributed by atoms with E-state index in [-0.39, 0.29) is 22.0 Å². The molecule has 1 atom stereocenters. The highest BCUT2D eigenvalue weighted by Crippen LogP contribution is 2.27. The van der Waals surface area contributed by atoms with E-state index in [9.17, 15) is 12.8 Å². The molecule has 7 heteroatoms. The SMILES string of the molecule is CCC(C)N(CCOC)S(=O)(=O)c1ccc(F)cc1Br. The van der Waals surface area contributed by atoms with Crippen molar-refractivity contribution in [2.45, 2.75) is 31.2 Å². The van der Waals surface area contributed by atoms with Gasteiger partial charge in [0.2, 0.25) is 10.0 Å². The van der Waals surface area contributed by atoms with Gasteiger partial charge in [-0.25, -0.2) is 12.8 Å². The average Bonchev–Trinajstić information content (AvgIpc) is 2.38. The molecular weight excluding hydrogens is 349 g/mol. The minimum absolute atomic E-state index is 0.0651. The van der Waals surface area contributed by atoms with Gasteiger partial charge in [-0.05, 0) is 47.5 Å². The summed E-state index contributed by atoms with van der Waals surface area (Å²) in [4.78, 5) is 0.0651. The number of sulfonamides is 1. The highest BCUT2D eigenvalue weighted by molar-refractivity contribution is 9.10. The van der Waals surface area contributed by atoms with Crippen molar-refractivity contribution in [3.05, 3.63) is 28.5 Å². The molecular formula is C13H19BrFNO3S. The average molecular weight is 368 g/mol. The zero-order chi connectivity index (χ0) is 15.3. The Hall–Kier alpha value is -0.500. The van der Waals surface area contributed by atoms with Gasteiger partial charge in [-0.1, -0.05) is 6.92 Å². The van der Waals surface area contributed by atoms with Crippen LogP contribution in [0.25, 0.3) is 0 Å². The third-order valence-electron chi connectivity index (χ3n) is 3.08. The molecule has 0 radical (unpaired) electrons. The molecule has 0 aromatic heterocycles. The van der Waals surface area contributed by atoms with Crippen LogP contribution < -0.4 is 0 Å². The first kappa shape index (κ1) is 17.6. The number of rotatable bonds is 7. The second-order valence-electron chi connectivity index (χ2n) is 4.44. The molecule has 1 aromatic carbocycles. The molecule has 0 aliphatic rings. The lowest BCUT2D eigenvalue weighted by molar-refractivity contribution is 0.167. The summed E-state index contributed by atoms with van der Waals surface area (Å²) in [7, 11) is -2.17. The van der Waals surface area contributed by atoms with Crippen LogP contribution in [0.15, 0.2) is 27.6 Å². The van der Waals surface area contributed by atoms with Crippen LogP contribution in [0, 0.1) is 5.82 Å². The molecule has 20 heavy (non-hydrogen) atoms. The fraction of sp³-hybridized carbons (Fsp3) is 0.538. The van der Waals surface area contributed by atoms with Gasteiger partial charge in [-0.2, -0.15) is 4.31 Å². The van der Waals surface area contributed by atoms with E-state index in [2.05, 4.69) is 15.9 Å². The maximum absolute atomic E-state index is 13.1. The fourth-order valence-corrected chi connectivity index (χ4v) is 4.47. The van der Waals surface area contributed by atoms with Crippen molar-refractivity contribution in [2.24, 2.45) is 0 Å². The van der Waals surface area contributed by atoms with Crippen LogP contribution in [0.1, 0.15) is 20.3 Å². The third kappa shape index (κ3) is 4.00. The maximum Gasteiger partial charge on any atom is 0.244 e. The summed E-state index contributed by atoms with van der Waals surface area (Å²) in [6, 6.07) is 3.41. The van der Waals surface area contributed by atoms with Crippen molar-refractivity contribution in [3.8, 4) is 0 Å². The zero-order valence-corrected chi connectivity index (χ0v) is 14.2. The molecule has 0 N–H and O–H groups in total. The first-order valence-electron chi connectivity index (χ1n) is 6.30. The summed E-state index contributed by atoms with van der Waals surface area (Å²) >= 11 is 3.11. The fourth-order valence-electron chi connectivity index (χ4n) is 1.77. The minimum atomic E-state index is -3.69. The van der Waals surface area contributed by atoms with Gasteiger partial charge in [-0.3, -0.25) is 0 Å². The van der Waals surface area contributed by atoms with Gasteiger partial charge < -0.3 is 4.74 Å². The summed E-state index contributed by atoms with van der Waals surface area (Å²) in [5.74, 6) is -0.484. The van der Waals surface area contributed by atoms with Crippen molar-refractivity contribution in [1.82, 2.24) is 4.31 Å². The molecule has 0 saturated heterocycles. The monoisotopic (exact) mass is 367 g/mol.